The van der Waals surface area contributed by atoms with E-state index in [2.05, 4.69) is 4.74 Å². The van der Waals surface area contributed by atoms with Crippen molar-refractivity contribution in [2.45, 2.75) is 6.18 Å². The number of carbonyl (C=O) groups excluding carboxylic acids is 2. The first-order valence-corrected chi connectivity index (χ1v) is 4.54. The van der Waals surface area contributed by atoms with Crippen molar-refractivity contribution in [2.75, 3.05) is 7.11 Å². The highest BCUT2D eigenvalue weighted by Crippen LogP contribution is 2.33. The lowest BCUT2D eigenvalue weighted by molar-refractivity contribution is -0.137. The van der Waals surface area contributed by atoms with Gasteiger partial charge in [-0.25, -0.2) is 4.79 Å². The Bertz CT molecular complexity index is 544. The number of methoxy groups -OCH3 is 1. The Morgan fingerprint density at radius 1 is 1.44 bits per heavy atom. The van der Waals surface area contributed by atoms with Gasteiger partial charge in [0.15, 0.2) is 6.29 Å². The molecule has 1 rings (SSSR count). The van der Waals surface area contributed by atoms with Gasteiger partial charge in [0.2, 0.25) is 0 Å². The fraction of sp³-hybridized carbons (Fsp3) is 0.182. The largest absolute Gasteiger partial charge is 0.465 e. The van der Waals surface area contributed by atoms with Crippen LogP contribution in [0.5, 0.6) is 0 Å². The van der Waals surface area contributed by atoms with Crippen molar-refractivity contribution in [3.05, 3.63) is 34.4 Å². The fourth-order valence-electron chi connectivity index (χ4n) is 1.33. The third kappa shape index (κ3) is 2.48. The van der Waals surface area contributed by atoms with E-state index in [0.29, 0.717) is 12.1 Å². The van der Waals surface area contributed by atoms with Gasteiger partial charge in [-0.2, -0.15) is 18.4 Å². The summed E-state index contributed by atoms with van der Waals surface area (Å²) < 4.78 is 42.2. The molecule has 94 valence electrons. The van der Waals surface area contributed by atoms with Gasteiger partial charge < -0.3 is 4.74 Å². The predicted octanol–water partition coefficient (Wildman–Crippen LogP) is 2.18. The second kappa shape index (κ2) is 4.87. The quantitative estimate of drug-likeness (QED) is 0.601. The number of ether oxygens (including phenoxy) is 1. The Morgan fingerprint density at radius 3 is 2.44 bits per heavy atom. The van der Waals surface area contributed by atoms with Crippen molar-refractivity contribution in [1.29, 1.82) is 5.26 Å². The number of esters is 1. The molecule has 0 radical (unpaired) electrons. The zero-order valence-corrected chi connectivity index (χ0v) is 9.04. The summed E-state index contributed by atoms with van der Waals surface area (Å²) in [5, 5.41) is 8.61. The van der Waals surface area contributed by atoms with E-state index >= 15 is 0 Å². The zero-order chi connectivity index (χ0) is 13.9. The molecule has 4 nitrogen and oxygen atoms in total. The van der Waals surface area contributed by atoms with Gasteiger partial charge in [0.1, 0.15) is 0 Å². The topological polar surface area (TPSA) is 67.2 Å². The number of rotatable bonds is 2. The minimum Gasteiger partial charge on any atom is -0.465 e. The maximum atomic E-state index is 12.6. The number of hydrogen-bond acceptors (Lipinski definition) is 4. The molecule has 0 spiro atoms. The second-order valence-corrected chi connectivity index (χ2v) is 3.20. The van der Waals surface area contributed by atoms with E-state index in [1.807, 2.05) is 0 Å². The normalized spacial score (nSPS) is 10.6. The Kier molecular flexibility index (Phi) is 3.71. The number of halogens is 3. The van der Waals surface area contributed by atoms with Crippen LogP contribution in [0.15, 0.2) is 12.1 Å². The van der Waals surface area contributed by atoms with E-state index in [1.54, 1.807) is 0 Å². The highest BCUT2D eigenvalue weighted by atomic mass is 19.4. The first-order chi connectivity index (χ1) is 8.35. The van der Waals surface area contributed by atoms with Crippen molar-refractivity contribution >= 4 is 12.3 Å². The predicted molar refractivity (Wildman–Crippen MR) is 52.9 cm³/mol. The van der Waals surface area contributed by atoms with Crippen LogP contribution in [0, 0.1) is 11.3 Å². The lowest BCUT2D eigenvalue weighted by atomic mass is 9.99. The number of aldehydes is 1. The minimum atomic E-state index is -4.80. The molecule has 1 aromatic carbocycles. The molecule has 0 saturated heterocycles. The van der Waals surface area contributed by atoms with Gasteiger partial charge in [0.25, 0.3) is 0 Å². The molecular weight excluding hydrogens is 251 g/mol. The molecule has 0 N–H and O–H groups in total. The molecule has 0 bridgehead atoms. The summed E-state index contributed by atoms with van der Waals surface area (Å²) >= 11 is 0. The molecule has 0 aromatic heterocycles. The van der Waals surface area contributed by atoms with Crippen LogP contribution in [0.25, 0.3) is 0 Å². The Labute approximate surface area is 99.6 Å². The van der Waals surface area contributed by atoms with Gasteiger partial charge in [-0.15, -0.1) is 0 Å². The SMILES string of the molecule is COC(=O)c1cc(C(F)(F)F)c(C#N)cc1C=O. The first kappa shape index (κ1) is 13.7. The molecule has 0 atom stereocenters. The molecule has 0 unspecified atom stereocenters. The van der Waals surface area contributed by atoms with Crippen molar-refractivity contribution in [3.8, 4) is 6.07 Å². The van der Waals surface area contributed by atoms with Crippen LogP contribution in [0.3, 0.4) is 0 Å². The van der Waals surface area contributed by atoms with Gasteiger partial charge in [-0.1, -0.05) is 0 Å². The summed E-state index contributed by atoms with van der Waals surface area (Å²) in [6.07, 6.45) is -4.61. The first-order valence-electron chi connectivity index (χ1n) is 4.54. The summed E-state index contributed by atoms with van der Waals surface area (Å²) in [4.78, 5) is 21.9. The van der Waals surface area contributed by atoms with E-state index in [1.165, 1.54) is 6.07 Å². The highest BCUT2D eigenvalue weighted by Gasteiger charge is 2.35. The molecule has 0 amide bonds. The van der Waals surface area contributed by atoms with E-state index in [-0.39, 0.29) is 11.8 Å². The van der Waals surface area contributed by atoms with E-state index in [0.717, 1.165) is 7.11 Å². The van der Waals surface area contributed by atoms with Crippen LogP contribution < -0.4 is 0 Å². The van der Waals surface area contributed by atoms with Crippen LogP contribution in [-0.2, 0) is 10.9 Å². The van der Waals surface area contributed by atoms with Crippen molar-refractivity contribution in [3.63, 3.8) is 0 Å². The molecular formula is C11H6F3NO3. The molecule has 1 aromatic rings. The second-order valence-electron chi connectivity index (χ2n) is 3.20. The van der Waals surface area contributed by atoms with Gasteiger partial charge in [0, 0.05) is 5.56 Å². The summed E-state index contributed by atoms with van der Waals surface area (Å²) in [6.45, 7) is 0. The third-order valence-corrected chi connectivity index (χ3v) is 2.15. The van der Waals surface area contributed by atoms with Crippen LogP contribution in [0.4, 0.5) is 13.2 Å². The maximum absolute atomic E-state index is 12.6. The molecule has 0 aliphatic carbocycles. The van der Waals surface area contributed by atoms with Crippen LogP contribution in [0.2, 0.25) is 0 Å². The molecule has 0 aliphatic rings. The molecule has 0 heterocycles. The summed E-state index contributed by atoms with van der Waals surface area (Å²) in [7, 11) is 0.975. The van der Waals surface area contributed by atoms with E-state index in [9.17, 15) is 22.8 Å². The van der Waals surface area contributed by atoms with Crippen LogP contribution >= 0.6 is 0 Å². The van der Waals surface area contributed by atoms with E-state index < -0.39 is 28.8 Å². The average Bonchev–Trinajstić information content (AvgIpc) is 2.34. The van der Waals surface area contributed by atoms with Crippen LogP contribution in [0.1, 0.15) is 31.8 Å². The molecule has 0 saturated carbocycles. The number of nitrogens with zero attached hydrogens (tertiary/aromatic N) is 1. The molecule has 0 aliphatic heterocycles. The molecule has 18 heavy (non-hydrogen) atoms. The molecule has 0 fully saturated rings. The lowest BCUT2D eigenvalue weighted by Crippen LogP contribution is -2.13. The summed E-state index contributed by atoms with van der Waals surface area (Å²) in [5.41, 5.74) is -2.86. The van der Waals surface area contributed by atoms with Gasteiger partial charge >= 0.3 is 12.1 Å². The zero-order valence-electron chi connectivity index (χ0n) is 9.04. The monoisotopic (exact) mass is 257 g/mol. The Balaban J connectivity index is 3.60. The maximum Gasteiger partial charge on any atom is 0.417 e. The van der Waals surface area contributed by atoms with Gasteiger partial charge in [0.05, 0.1) is 29.9 Å². The number of carbonyl (C=O) groups is 2. The van der Waals surface area contributed by atoms with Crippen molar-refractivity contribution in [1.82, 2.24) is 0 Å². The third-order valence-electron chi connectivity index (χ3n) is 2.15. The van der Waals surface area contributed by atoms with Crippen LogP contribution in [-0.4, -0.2) is 19.4 Å². The van der Waals surface area contributed by atoms with Gasteiger partial charge in [-0.05, 0) is 12.1 Å². The lowest BCUT2D eigenvalue weighted by Gasteiger charge is -2.11. The van der Waals surface area contributed by atoms with E-state index in [4.69, 9.17) is 5.26 Å². The Hall–Kier alpha value is -2.36. The fourth-order valence-corrected chi connectivity index (χ4v) is 1.33. The smallest absolute Gasteiger partial charge is 0.417 e. The number of alkyl halides is 3. The number of nitriles is 1. The Morgan fingerprint density at radius 2 is 2.06 bits per heavy atom. The summed E-state index contributed by atoms with van der Waals surface area (Å²) in [6, 6.07) is 2.48. The standard InChI is InChI=1S/C11H6F3NO3/c1-18-10(17)8-3-9(11(12,13)14)6(4-15)2-7(8)5-16/h2-3,5H,1H3. The minimum absolute atomic E-state index is 0.188. The van der Waals surface area contributed by atoms with Gasteiger partial charge in [-0.3, -0.25) is 4.79 Å². The number of benzene rings is 1. The van der Waals surface area contributed by atoms with Crippen molar-refractivity contribution < 1.29 is 27.5 Å². The highest BCUT2D eigenvalue weighted by molar-refractivity contribution is 5.98. The molecule has 7 heteroatoms. The van der Waals surface area contributed by atoms with Crippen molar-refractivity contribution in [2.24, 2.45) is 0 Å². The summed E-state index contributed by atoms with van der Waals surface area (Å²) in [5.74, 6) is -1.08. The average molecular weight is 257 g/mol. The number of hydrogen-bond donors (Lipinski definition) is 0.